The SMILES string of the molecule is CC.CCN(CC1CCC1C(C)(C)N(C)C)C1CC(F)C(SNc2cccc(F)n2)C(F)=C1Cl. The van der Waals surface area contributed by atoms with E-state index in [0.717, 1.165) is 24.9 Å². The standard InChI is InChI=1S/C23H34ClF3N4S.C2H6/c1-6-31(13-14-10-11-15(14)23(2,3)30(4)5)17-12-16(25)22(21(27)20(17)24)32-29-19-9-7-8-18(26)28-19;1-2/h7-9,14-17,22H,6,10-13H2,1-5H3,(H,28,29);1-2H3. The van der Waals surface area contributed by atoms with Crippen molar-refractivity contribution in [1.82, 2.24) is 14.8 Å². The fraction of sp³-hybridized carbons (Fsp3) is 0.720. The summed E-state index contributed by atoms with van der Waals surface area (Å²) in [6.07, 6.45) is 1.000. The molecule has 4 nitrogen and oxygen atoms in total. The smallest absolute Gasteiger partial charge is 0.214 e. The third-order valence-corrected chi connectivity index (χ3v) is 8.86. The lowest BCUT2D eigenvalue weighted by molar-refractivity contribution is -0.0118. The summed E-state index contributed by atoms with van der Waals surface area (Å²) in [5, 5.41) is -1.01. The molecule has 5 unspecified atom stereocenters. The Morgan fingerprint density at radius 3 is 2.41 bits per heavy atom. The molecule has 3 rings (SSSR count). The van der Waals surface area contributed by atoms with E-state index >= 15 is 8.78 Å². The van der Waals surface area contributed by atoms with Gasteiger partial charge in [-0.05, 0) is 83.2 Å². The largest absolute Gasteiger partial charge is 0.314 e. The molecule has 2 aliphatic carbocycles. The van der Waals surface area contributed by atoms with E-state index in [-0.39, 0.29) is 22.8 Å². The van der Waals surface area contributed by atoms with Crippen LogP contribution in [-0.4, -0.2) is 65.0 Å². The van der Waals surface area contributed by atoms with Crippen molar-refractivity contribution in [1.29, 1.82) is 0 Å². The minimum Gasteiger partial charge on any atom is -0.314 e. The lowest BCUT2D eigenvalue weighted by Crippen LogP contribution is -2.55. The maximum atomic E-state index is 15.1. The lowest BCUT2D eigenvalue weighted by atomic mass is 9.63. The van der Waals surface area contributed by atoms with Crippen LogP contribution >= 0.6 is 23.5 Å². The summed E-state index contributed by atoms with van der Waals surface area (Å²) < 4.78 is 46.2. The van der Waals surface area contributed by atoms with Crippen molar-refractivity contribution >= 4 is 29.4 Å². The maximum absolute atomic E-state index is 15.1. The third-order valence-electron chi connectivity index (χ3n) is 7.35. The van der Waals surface area contributed by atoms with Crippen LogP contribution in [0.5, 0.6) is 0 Å². The first-order valence-electron chi connectivity index (χ1n) is 12.2. The van der Waals surface area contributed by atoms with Crippen molar-refractivity contribution in [3.63, 3.8) is 0 Å². The summed E-state index contributed by atoms with van der Waals surface area (Å²) in [7, 11) is 4.20. The summed E-state index contributed by atoms with van der Waals surface area (Å²) in [6, 6.07) is 3.77. The Bertz CT molecular complexity index is 823. The number of nitrogens with zero attached hydrogens (tertiary/aromatic N) is 3. The van der Waals surface area contributed by atoms with Crippen molar-refractivity contribution in [2.24, 2.45) is 11.8 Å². The molecule has 0 aliphatic heterocycles. The molecule has 194 valence electrons. The molecular formula is C25H40ClF3N4S. The van der Waals surface area contributed by atoms with E-state index in [1.54, 1.807) is 6.07 Å². The predicted molar refractivity (Wildman–Crippen MR) is 139 cm³/mol. The second-order valence-corrected chi connectivity index (χ2v) is 10.9. The number of hydrogen-bond donors (Lipinski definition) is 1. The fourth-order valence-electron chi connectivity index (χ4n) is 4.75. The number of halogens is 4. The molecule has 1 N–H and O–H groups in total. The average molecular weight is 521 g/mol. The van der Waals surface area contributed by atoms with Crippen LogP contribution in [0.2, 0.25) is 0 Å². The number of anilines is 1. The van der Waals surface area contributed by atoms with Crippen LogP contribution < -0.4 is 4.72 Å². The fourth-order valence-corrected chi connectivity index (χ4v) is 6.01. The molecule has 2 aliphatic rings. The highest BCUT2D eigenvalue weighted by Gasteiger charge is 2.46. The van der Waals surface area contributed by atoms with E-state index in [2.05, 4.69) is 47.4 Å². The summed E-state index contributed by atoms with van der Waals surface area (Å²) in [5.41, 5.74) is 0.0702. The molecule has 1 saturated carbocycles. The summed E-state index contributed by atoms with van der Waals surface area (Å²) in [4.78, 5) is 8.05. The Hall–Kier alpha value is -0.960. The van der Waals surface area contributed by atoms with Gasteiger partial charge in [0.05, 0.1) is 11.1 Å². The van der Waals surface area contributed by atoms with Crippen molar-refractivity contribution in [3.05, 3.63) is 35.0 Å². The Morgan fingerprint density at radius 2 is 1.88 bits per heavy atom. The first-order valence-corrected chi connectivity index (χ1v) is 13.5. The second-order valence-electron chi connectivity index (χ2n) is 9.53. The number of nitrogens with one attached hydrogen (secondary N) is 1. The van der Waals surface area contributed by atoms with Crippen LogP contribution in [0.4, 0.5) is 19.0 Å². The van der Waals surface area contributed by atoms with E-state index in [4.69, 9.17) is 11.6 Å². The zero-order valence-electron chi connectivity index (χ0n) is 21.4. The molecule has 0 saturated heterocycles. The minimum absolute atomic E-state index is 0.0702. The van der Waals surface area contributed by atoms with Gasteiger partial charge in [0.2, 0.25) is 5.95 Å². The van der Waals surface area contributed by atoms with Gasteiger partial charge >= 0.3 is 0 Å². The zero-order chi connectivity index (χ0) is 25.6. The molecule has 0 bridgehead atoms. The van der Waals surface area contributed by atoms with Gasteiger partial charge in [0.15, 0.2) is 0 Å². The lowest BCUT2D eigenvalue weighted by Gasteiger charge is -2.52. The maximum Gasteiger partial charge on any atom is 0.214 e. The molecule has 1 fully saturated rings. The topological polar surface area (TPSA) is 31.4 Å². The minimum atomic E-state index is -1.42. The van der Waals surface area contributed by atoms with Crippen molar-refractivity contribution < 1.29 is 13.2 Å². The van der Waals surface area contributed by atoms with Crippen molar-refractivity contribution in [2.75, 3.05) is 31.9 Å². The number of pyridine rings is 1. The quantitative estimate of drug-likeness (QED) is 0.283. The van der Waals surface area contributed by atoms with Gasteiger partial charge in [-0.1, -0.05) is 38.4 Å². The van der Waals surface area contributed by atoms with Gasteiger partial charge in [0.25, 0.3) is 0 Å². The number of hydrogen-bond acceptors (Lipinski definition) is 5. The highest BCUT2D eigenvalue weighted by atomic mass is 35.5. The Balaban J connectivity index is 0.00000199. The Morgan fingerprint density at radius 1 is 1.21 bits per heavy atom. The van der Waals surface area contributed by atoms with Crippen LogP contribution in [0.1, 0.15) is 53.9 Å². The van der Waals surface area contributed by atoms with Gasteiger partial charge in [0, 0.05) is 18.5 Å². The van der Waals surface area contributed by atoms with E-state index in [1.165, 1.54) is 18.6 Å². The molecule has 34 heavy (non-hydrogen) atoms. The highest BCUT2D eigenvalue weighted by molar-refractivity contribution is 8.01. The van der Waals surface area contributed by atoms with Crippen molar-refractivity contribution in [3.8, 4) is 0 Å². The first kappa shape index (κ1) is 29.3. The molecule has 1 heterocycles. The zero-order valence-corrected chi connectivity index (χ0v) is 23.0. The Labute approximate surface area is 212 Å². The first-order chi connectivity index (χ1) is 16.1. The van der Waals surface area contributed by atoms with Gasteiger partial charge in [-0.3, -0.25) is 4.90 Å². The third kappa shape index (κ3) is 6.62. The molecule has 9 heteroatoms. The van der Waals surface area contributed by atoms with E-state index in [1.807, 2.05) is 20.8 Å². The highest BCUT2D eigenvalue weighted by Crippen LogP contribution is 2.46. The number of rotatable bonds is 9. The molecule has 5 atom stereocenters. The summed E-state index contributed by atoms with van der Waals surface area (Å²) in [5.74, 6) is -0.0825. The second kappa shape index (κ2) is 12.8. The van der Waals surface area contributed by atoms with Crippen LogP contribution in [0.25, 0.3) is 0 Å². The van der Waals surface area contributed by atoms with E-state index in [9.17, 15) is 4.39 Å². The van der Waals surface area contributed by atoms with E-state index in [0.29, 0.717) is 18.4 Å². The van der Waals surface area contributed by atoms with Crippen LogP contribution in [0, 0.1) is 17.8 Å². The normalized spacial score (nSPS) is 27.4. The predicted octanol–water partition coefficient (Wildman–Crippen LogP) is 6.89. The summed E-state index contributed by atoms with van der Waals surface area (Å²) in [6.45, 7) is 12.0. The van der Waals surface area contributed by atoms with E-state index < -0.39 is 29.2 Å². The number of alkyl halides is 1. The molecule has 0 spiro atoms. The molecule has 1 aromatic heterocycles. The van der Waals surface area contributed by atoms with Crippen molar-refractivity contribution in [2.45, 2.75) is 76.9 Å². The van der Waals surface area contributed by atoms with Crippen LogP contribution in [-0.2, 0) is 0 Å². The monoisotopic (exact) mass is 520 g/mol. The molecule has 0 amide bonds. The summed E-state index contributed by atoms with van der Waals surface area (Å²) >= 11 is 7.31. The number of likely N-dealkylation sites (N-methyl/N-ethyl adjacent to an activating group) is 1. The van der Waals surface area contributed by atoms with Gasteiger partial charge in [0.1, 0.15) is 23.1 Å². The Kier molecular flexibility index (Phi) is 11.1. The number of aromatic nitrogens is 1. The van der Waals surface area contributed by atoms with Gasteiger partial charge < -0.3 is 9.62 Å². The molecule has 0 radical (unpaired) electrons. The molecular weight excluding hydrogens is 481 g/mol. The molecule has 0 aromatic carbocycles. The van der Waals surface area contributed by atoms with Crippen LogP contribution in [0.15, 0.2) is 29.1 Å². The van der Waals surface area contributed by atoms with Gasteiger partial charge in [-0.25, -0.2) is 13.8 Å². The van der Waals surface area contributed by atoms with Gasteiger partial charge in [-0.2, -0.15) is 4.39 Å². The average Bonchev–Trinajstić information content (AvgIpc) is 2.77. The molecule has 1 aromatic rings. The van der Waals surface area contributed by atoms with Crippen LogP contribution in [0.3, 0.4) is 0 Å². The van der Waals surface area contributed by atoms with Gasteiger partial charge in [-0.15, -0.1) is 0 Å².